The van der Waals surface area contributed by atoms with Crippen molar-refractivity contribution in [3.63, 3.8) is 0 Å². The van der Waals surface area contributed by atoms with Gasteiger partial charge in [0.15, 0.2) is 0 Å². The Hall–Kier alpha value is -2.57. The Balaban J connectivity index is 2.43. The molecule has 0 aromatic heterocycles. The number of benzene rings is 1. The molecule has 0 bridgehead atoms. The first kappa shape index (κ1) is 17.5. The van der Waals surface area contributed by atoms with Crippen LogP contribution in [0.1, 0.15) is 26.3 Å². The van der Waals surface area contributed by atoms with Gasteiger partial charge in [0, 0.05) is 0 Å². The van der Waals surface area contributed by atoms with Gasteiger partial charge in [-0.3, -0.25) is 4.79 Å². The number of amides is 2. The summed E-state index contributed by atoms with van der Waals surface area (Å²) >= 11 is 0. The summed E-state index contributed by atoms with van der Waals surface area (Å²) in [7, 11) is 0. The third-order valence-corrected chi connectivity index (χ3v) is 2.91. The Morgan fingerprint density at radius 3 is 2.36 bits per heavy atom. The molecule has 7 nitrogen and oxygen atoms in total. The van der Waals surface area contributed by atoms with Gasteiger partial charge in [0.2, 0.25) is 5.91 Å². The highest BCUT2D eigenvalue weighted by atomic mass is 16.5. The lowest BCUT2D eigenvalue weighted by molar-refractivity contribution is -0.146. The highest BCUT2D eigenvalue weighted by molar-refractivity contribution is 5.90. The third-order valence-electron chi connectivity index (χ3n) is 2.91. The molecule has 0 aliphatic rings. The molecular formula is C15H20N2O5. The van der Waals surface area contributed by atoms with Crippen molar-refractivity contribution >= 4 is 18.0 Å². The van der Waals surface area contributed by atoms with Crippen LogP contribution >= 0.6 is 0 Å². The van der Waals surface area contributed by atoms with Crippen LogP contribution in [0, 0.1) is 0 Å². The lowest BCUT2D eigenvalue weighted by Gasteiger charge is -2.23. The number of carbonyl (C=O) groups is 3. The standard InChI is InChI=1S/C15H20N2O5/c1-10(12(18)17-15(2,3)13(19)20)16-14(21)22-9-11-7-5-4-6-8-11/h4-8,10H,9H2,1-3H3,(H,16,21)(H,17,18)(H,19,20)/t10-/m0/s1. The average molecular weight is 308 g/mol. The molecule has 0 aliphatic heterocycles. The van der Waals surface area contributed by atoms with Crippen molar-refractivity contribution < 1.29 is 24.2 Å². The summed E-state index contributed by atoms with van der Waals surface area (Å²) in [5.74, 6) is -1.77. The summed E-state index contributed by atoms with van der Waals surface area (Å²) in [6.45, 7) is 4.24. The molecule has 0 saturated heterocycles. The highest BCUT2D eigenvalue weighted by Crippen LogP contribution is 2.03. The molecule has 0 spiro atoms. The van der Waals surface area contributed by atoms with Crippen molar-refractivity contribution in [3.05, 3.63) is 35.9 Å². The molecular weight excluding hydrogens is 288 g/mol. The zero-order chi connectivity index (χ0) is 16.8. The lowest BCUT2D eigenvalue weighted by atomic mass is 10.1. The molecule has 1 atom stereocenters. The normalized spacial score (nSPS) is 12.1. The van der Waals surface area contributed by atoms with Gasteiger partial charge in [-0.05, 0) is 26.3 Å². The van der Waals surface area contributed by atoms with E-state index in [2.05, 4.69) is 10.6 Å². The molecule has 22 heavy (non-hydrogen) atoms. The molecule has 0 unspecified atom stereocenters. The molecule has 3 N–H and O–H groups in total. The van der Waals surface area contributed by atoms with Gasteiger partial charge < -0.3 is 20.5 Å². The summed E-state index contributed by atoms with van der Waals surface area (Å²) in [4.78, 5) is 34.4. The van der Waals surface area contributed by atoms with E-state index in [1.165, 1.54) is 20.8 Å². The van der Waals surface area contributed by atoms with Crippen molar-refractivity contribution in [1.82, 2.24) is 10.6 Å². The van der Waals surface area contributed by atoms with Crippen LogP contribution in [0.5, 0.6) is 0 Å². The summed E-state index contributed by atoms with van der Waals surface area (Å²) in [6, 6.07) is 8.18. The van der Waals surface area contributed by atoms with Crippen molar-refractivity contribution in [1.29, 1.82) is 0 Å². The van der Waals surface area contributed by atoms with E-state index < -0.39 is 29.6 Å². The quantitative estimate of drug-likeness (QED) is 0.734. The maximum absolute atomic E-state index is 11.8. The van der Waals surface area contributed by atoms with E-state index in [4.69, 9.17) is 9.84 Å². The Morgan fingerprint density at radius 2 is 1.82 bits per heavy atom. The Labute approximate surface area is 128 Å². The smallest absolute Gasteiger partial charge is 0.408 e. The van der Waals surface area contributed by atoms with E-state index in [1.54, 1.807) is 12.1 Å². The van der Waals surface area contributed by atoms with Crippen molar-refractivity contribution in [2.24, 2.45) is 0 Å². The second-order valence-electron chi connectivity index (χ2n) is 5.35. The summed E-state index contributed by atoms with van der Waals surface area (Å²) in [5.41, 5.74) is -0.595. The minimum absolute atomic E-state index is 0.0850. The first-order valence-electron chi connectivity index (χ1n) is 6.75. The molecule has 0 heterocycles. The molecule has 0 saturated carbocycles. The SMILES string of the molecule is C[C@H](NC(=O)OCc1ccccc1)C(=O)NC(C)(C)C(=O)O. The van der Waals surface area contributed by atoms with E-state index in [9.17, 15) is 14.4 Å². The first-order chi connectivity index (χ1) is 10.2. The summed E-state index contributed by atoms with van der Waals surface area (Å²) in [6.07, 6.45) is -0.750. The number of carboxylic acid groups (broad SMARTS) is 1. The molecule has 0 aliphatic carbocycles. The van der Waals surface area contributed by atoms with E-state index in [0.29, 0.717) is 0 Å². The van der Waals surface area contributed by atoms with Gasteiger partial charge in [0.05, 0.1) is 0 Å². The number of nitrogens with one attached hydrogen (secondary N) is 2. The first-order valence-corrected chi connectivity index (χ1v) is 6.75. The molecule has 0 fully saturated rings. The topological polar surface area (TPSA) is 105 Å². The highest BCUT2D eigenvalue weighted by Gasteiger charge is 2.31. The van der Waals surface area contributed by atoms with Gasteiger partial charge >= 0.3 is 12.1 Å². The van der Waals surface area contributed by atoms with Crippen LogP contribution in [0.3, 0.4) is 0 Å². The largest absolute Gasteiger partial charge is 0.480 e. The fraction of sp³-hybridized carbons (Fsp3) is 0.400. The van der Waals surface area contributed by atoms with Crippen molar-refractivity contribution in [2.45, 2.75) is 39.0 Å². The number of hydrogen-bond acceptors (Lipinski definition) is 4. The molecule has 120 valence electrons. The van der Waals surface area contributed by atoms with Gasteiger partial charge in [-0.1, -0.05) is 30.3 Å². The van der Waals surface area contributed by atoms with Gasteiger partial charge in [-0.15, -0.1) is 0 Å². The Morgan fingerprint density at radius 1 is 1.23 bits per heavy atom. The van der Waals surface area contributed by atoms with E-state index in [1.807, 2.05) is 18.2 Å². The van der Waals surface area contributed by atoms with Crippen molar-refractivity contribution in [3.8, 4) is 0 Å². The summed E-state index contributed by atoms with van der Waals surface area (Å²) in [5, 5.41) is 13.6. The van der Waals surface area contributed by atoms with E-state index in [-0.39, 0.29) is 6.61 Å². The predicted octanol–water partition coefficient (Wildman–Crippen LogP) is 1.28. The van der Waals surface area contributed by atoms with Crippen molar-refractivity contribution in [2.75, 3.05) is 0 Å². The van der Waals surface area contributed by atoms with Gasteiger partial charge in [0.1, 0.15) is 18.2 Å². The number of aliphatic carboxylic acids is 1. The van der Waals surface area contributed by atoms with Gasteiger partial charge in [0.25, 0.3) is 0 Å². The third kappa shape index (κ3) is 5.43. The number of alkyl carbamates (subject to hydrolysis) is 1. The molecule has 7 heteroatoms. The molecule has 2 amide bonds. The summed E-state index contributed by atoms with van der Waals surface area (Å²) < 4.78 is 4.98. The van der Waals surface area contributed by atoms with Gasteiger partial charge in [-0.25, -0.2) is 9.59 Å². The minimum atomic E-state index is -1.42. The number of carboxylic acids is 1. The van der Waals surface area contributed by atoms with Crippen LogP contribution in [0.15, 0.2) is 30.3 Å². The molecule has 1 aromatic carbocycles. The maximum atomic E-state index is 11.8. The van der Waals surface area contributed by atoms with Crippen LogP contribution in [0.25, 0.3) is 0 Å². The second-order valence-corrected chi connectivity index (χ2v) is 5.35. The van der Waals surface area contributed by atoms with Crippen LogP contribution in [-0.4, -0.2) is 34.7 Å². The Bertz CT molecular complexity index is 542. The van der Waals surface area contributed by atoms with Crippen LogP contribution in [0.4, 0.5) is 4.79 Å². The number of hydrogen-bond donors (Lipinski definition) is 3. The van der Waals surface area contributed by atoms with Crippen LogP contribution in [0.2, 0.25) is 0 Å². The zero-order valence-corrected chi connectivity index (χ0v) is 12.8. The van der Waals surface area contributed by atoms with E-state index >= 15 is 0 Å². The van der Waals surface area contributed by atoms with Crippen LogP contribution < -0.4 is 10.6 Å². The minimum Gasteiger partial charge on any atom is -0.480 e. The monoisotopic (exact) mass is 308 g/mol. The molecule has 1 aromatic rings. The van der Waals surface area contributed by atoms with Gasteiger partial charge in [-0.2, -0.15) is 0 Å². The maximum Gasteiger partial charge on any atom is 0.408 e. The fourth-order valence-electron chi connectivity index (χ4n) is 1.48. The zero-order valence-electron chi connectivity index (χ0n) is 12.8. The van der Waals surface area contributed by atoms with Crippen LogP contribution in [-0.2, 0) is 20.9 Å². The predicted molar refractivity (Wildman–Crippen MR) is 79.1 cm³/mol. The number of rotatable bonds is 6. The number of ether oxygens (including phenoxy) is 1. The molecule has 0 radical (unpaired) electrons. The fourth-order valence-corrected chi connectivity index (χ4v) is 1.48. The lowest BCUT2D eigenvalue weighted by Crippen LogP contribution is -2.55. The molecule has 1 rings (SSSR count). The average Bonchev–Trinajstić information content (AvgIpc) is 2.45. The Kier molecular flexibility index (Phi) is 5.91. The van der Waals surface area contributed by atoms with E-state index in [0.717, 1.165) is 5.56 Å². The number of carbonyl (C=O) groups excluding carboxylic acids is 2. The second kappa shape index (κ2) is 7.44.